The molecular weight excluding hydrogens is 417 g/mol. The van der Waals surface area contributed by atoms with E-state index in [1.54, 1.807) is 24.3 Å². The third-order valence-electron chi connectivity index (χ3n) is 5.37. The first kappa shape index (κ1) is 21.9. The van der Waals surface area contributed by atoms with Gasteiger partial charge in [-0.2, -0.15) is 18.2 Å². The fourth-order valence-electron chi connectivity index (χ4n) is 3.64. The van der Waals surface area contributed by atoms with Gasteiger partial charge < -0.3 is 15.4 Å². The molecule has 2 aromatic carbocycles. The van der Waals surface area contributed by atoms with Crippen LogP contribution in [-0.4, -0.2) is 16.1 Å². The first-order valence-corrected chi connectivity index (χ1v) is 10.7. The van der Waals surface area contributed by atoms with Gasteiger partial charge in [-0.15, -0.1) is 0 Å². The number of hydrogen-bond donors (Lipinski definition) is 2. The smallest absolute Gasteiger partial charge is 0.421 e. The van der Waals surface area contributed by atoms with E-state index in [2.05, 4.69) is 20.6 Å². The molecule has 3 aromatic rings. The van der Waals surface area contributed by atoms with Gasteiger partial charge in [0.1, 0.15) is 17.1 Å². The van der Waals surface area contributed by atoms with Crippen LogP contribution < -0.4 is 15.4 Å². The fourth-order valence-corrected chi connectivity index (χ4v) is 3.64. The Kier molecular flexibility index (Phi) is 6.48. The molecule has 0 amide bonds. The third kappa shape index (κ3) is 5.69. The van der Waals surface area contributed by atoms with Gasteiger partial charge in [-0.05, 0) is 69.0 Å². The molecule has 1 aliphatic rings. The Balaban J connectivity index is 1.50. The minimum Gasteiger partial charge on any atom is -0.490 e. The predicted molar refractivity (Wildman–Crippen MR) is 119 cm³/mol. The number of alkyl halides is 3. The number of halogens is 3. The van der Waals surface area contributed by atoms with Crippen LogP contribution in [0, 0.1) is 6.92 Å². The van der Waals surface area contributed by atoms with Crippen molar-refractivity contribution in [3.05, 3.63) is 65.9 Å². The van der Waals surface area contributed by atoms with Crippen molar-refractivity contribution in [3.8, 4) is 5.75 Å². The summed E-state index contributed by atoms with van der Waals surface area (Å²) >= 11 is 0. The molecule has 1 aromatic heterocycles. The SMILES string of the molecule is Cc1ccc(Nc2nc(Nc3ccc(OC4CCCCC4)cc3)ncc2C(F)(F)F)cc1. The van der Waals surface area contributed by atoms with Crippen molar-refractivity contribution in [1.82, 2.24) is 9.97 Å². The van der Waals surface area contributed by atoms with E-state index in [0.29, 0.717) is 11.4 Å². The van der Waals surface area contributed by atoms with E-state index in [0.717, 1.165) is 30.4 Å². The largest absolute Gasteiger partial charge is 0.490 e. The van der Waals surface area contributed by atoms with Crippen molar-refractivity contribution in [2.75, 3.05) is 10.6 Å². The average molecular weight is 442 g/mol. The fraction of sp³-hybridized carbons (Fsp3) is 0.333. The van der Waals surface area contributed by atoms with Crippen molar-refractivity contribution < 1.29 is 17.9 Å². The van der Waals surface area contributed by atoms with Crippen LogP contribution in [0.5, 0.6) is 5.75 Å². The second-order valence-corrected chi connectivity index (χ2v) is 7.97. The van der Waals surface area contributed by atoms with Gasteiger partial charge in [0.05, 0.1) is 6.10 Å². The standard InChI is InChI=1S/C24H25F3N4O/c1-16-7-9-17(10-8-16)29-22-21(24(25,26)27)15-28-23(31-22)30-18-11-13-20(14-12-18)32-19-5-3-2-4-6-19/h7-15,19H,2-6H2,1H3,(H2,28,29,30,31). The molecule has 8 heteroatoms. The van der Waals surface area contributed by atoms with Gasteiger partial charge in [0.25, 0.3) is 0 Å². The molecule has 0 atom stereocenters. The van der Waals surface area contributed by atoms with Crippen molar-refractivity contribution in [2.24, 2.45) is 0 Å². The Hall–Kier alpha value is -3.29. The van der Waals surface area contributed by atoms with Gasteiger partial charge in [0.2, 0.25) is 5.95 Å². The molecule has 32 heavy (non-hydrogen) atoms. The van der Waals surface area contributed by atoms with Crippen molar-refractivity contribution in [2.45, 2.75) is 51.3 Å². The van der Waals surface area contributed by atoms with Crippen molar-refractivity contribution >= 4 is 23.1 Å². The number of ether oxygens (including phenoxy) is 1. The number of aryl methyl sites for hydroxylation is 1. The monoisotopic (exact) mass is 442 g/mol. The summed E-state index contributed by atoms with van der Waals surface area (Å²) in [6, 6.07) is 14.3. The lowest BCUT2D eigenvalue weighted by molar-refractivity contribution is -0.137. The second-order valence-electron chi connectivity index (χ2n) is 7.97. The minimum absolute atomic E-state index is 0.0635. The molecule has 2 N–H and O–H groups in total. The number of nitrogens with one attached hydrogen (secondary N) is 2. The summed E-state index contributed by atoms with van der Waals surface area (Å²) in [7, 11) is 0. The van der Waals surface area contributed by atoms with E-state index in [1.165, 1.54) is 19.3 Å². The lowest BCUT2D eigenvalue weighted by Gasteiger charge is -2.23. The maximum absolute atomic E-state index is 13.5. The minimum atomic E-state index is -4.58. The number of rotatable bonds is 6. The molecule has 0 spiro atoms. The molecule has 5 nitrogen and oxygen atoms in total. The lowest BCUT2D eigenvalue weighted by atomic mass is 9.98. The van der Waals surface area contributed by atoms with Crippen LogP contribution in [-0.2, 0) is 6.18 Å². The molecule has 0 unspecified atom stereocenters. The van der Waals surface area contributed by atoms with Crippen LogP contribution in [0.2, 0.25) is 0 Å². The number of anilines is 4. The third-order valence-corrected chi connectivity index (χ3v) is 5.37. The van der Waals surface area contributed by atoms with Crippen LogP contribution >= 0.6 is 0 Å². The zero-order chi connectivity index (χ0) is 22.6. The molecule has 0 bridgehead atoms. The topological polar surface area (TPSA) is 59.1 Å². The van der Waals surface area contributed by atoms with Crippen LogP contribution in [0.3, 0.4) is 0 Å². The van der Waals surface area contributed by atoms with E-state index in [9.17, 15) is 13.2 Å². The Morgan fingerprint density at radius 2 is 1.50 bits per heavy atom. The first-order valence-electron chi connectivity index (χ1n) is 10.7. The molecule has 0 saturated heterocycles. The predicted octanol–water partition coefficient (Wildman–Crippen LogP) is 7.00. The van der Waals surface area contributed by atoms with Gasteiger partial charge in [0.15, 0.2) is 0 Å². The average Bonchev–Trinajstić information content (AvgIpc) is 2.77. The molecule has 1 heterocycles. The van der Waals surface area contributed by atoms with Gasteiger partial charge in [-0.25, -0.2) is 4.98 Å². The molecule has 0 aliphatic heterocycles. The van der Waals surface area contributed by atoms with E-state index in [-0.39, 0.29) is 17.9 Å². The van der Waals surface area contributed by atoms with Crippen LogP contribution in [0.1, 0.15) is 43.2 Å². The van der Waals surface area contributed by atoms with Gasteiger partial charge in [0, 0.05) is 17.6 Å². The summed E-state index contributed by atoms with van der Waals surface area (Å²) in [4.78, 5) is 7.94. The van der Waals surface area contributed by atoms with Gasteiger partial charge in [-0.3, -0.25) is 0 Å². The van der Waals surface area contributed by atoms with Crippen LogP contribution in [0.4, 0.5) is 36.3 Å². The first-order chi connectivity index (χ1) is 15.4. The number of nitrogens with zero attached hydrogens (tertiary/aromatic N) is 2. The maximum atomic E-state index is 13.5. The Labute approximate surface area is 185 Å². The summed E-state index contributed by atoms with van der Waals surface area (Å²) < 4.78 is 46.4. The van der Waals surface area contributed by atoms with E-state index < -0.39 is 11.7 Å². The van der Waals surface area contributed by atoms with Crippen LogP contribution in [0.25, 0.3) is 0 Å². The Morgan fingerprint density at radius 1 is 0.875 bits per heavy atom. The van der Waals surface area contributed by atoms with E-state index >= 15 is 0 Å². The number of aromatic nitrogens is 2. The van der Waals surface area contributed by atoms with Gasteiger partial charge in [-0.1, -0.05) is 24.1 Å². The summed E-state index contributed by atoms with van der Waals surface area (Å²) in [5, 5.41) is 5.72. The maximum Gasteiger partial charge on any atom is 0.421 e. The highest BCUT2D eigenvalue weighted by molar-refractivity contribution is 5.63. The molecule has 4 rings (SSSR count). The van der Waals surface area contributed by atoms with Gasteiger partial charge >= 0.3 is 6.18 Å². The summed E-state index contributed by atoms with van der Waals surface area (Å²) in [6.45, 7) is 1.91. The normalized spacial score (nSPS) is 14.8. The zero-order valence-electron chi connectivity index (χ0n) is 17.7. The quantitative estimate of drug-likeness (QED) is 0.430. The summed E-state index contributed by atoms with van der Waals surface area (Å²) in [5.41, 5.74) is 1.24. The Morgan fingerprint density at radius 3 is 2.16 bits per heavy atom. The summed E-state index contributed by atoms with van der Waals surface area (Å²) in [5.74, 6) is 0.530. The zero-order valence-corrected chi connectivity index (χ0v) is 17.7. The molecule has 168 valence electrons. The molecule has 1 aliphatic carbocycles. The molecule has 1 saturated carbocycles. The molecule has 1 fully saturated rings. The van der Waals surface area contributed by atoms with E-state index in [4.69, 9.17) is 4.74 Å². The Bertz CT molecular complexity index is 1030. The second kappa shape index (κ2) is 9.46. The highest BCUT2D eigenvalue weighted by Gasteiger charge is 2.35. The highest BCUT2D eigenvalue weighted by atomic mass is 19.4. The summed E-state index contributed by atoms with van der Waals surface area (Å²) in [6.07, 6.45) is 2.22. The van der Waals surface area contributed by atoms with Crippen LogP contribution in [0.15, 0.2) is 54.7 Å². The van der Waals surface area contributed by atoms with E-state index in [1.807, 2.05) is 31.2 Å². The highest BCUT2D eigenvalue weighted by Crippen LogP contribution is 2.35. The van der Waals surface area contributed by atoms with Crippen molar-refractivity contribution in [3.63, 3.8) is 0 Å². The lowest BCUT2D eigenvalue weighted by Crippen LogP contribution is -2.19. The number of hydrogen-bond acceptors (Lipinski definition) is 5. The number of benzene rings is 2. The molecular formula is C24H25F3N4O. The van der Waals surface area contributed by atoms with Crippen molar-refractivity contribution in [1.29, 1.82) is 0 Å². The molecule has 0 radical (unpaired) electrons.